The normalized spacial score (nSPS) is 14.6. The van der Waals surface area contributed by atoms with Crippen molar-refractivity contribution >= 4 is 34.5 Å². The molecule has 31 heavy (non-hydrogen) atoms. The van der Waals surface area contributed by atoms with Gasteiger partial charge in [-0.15, -0.1) is 11.3 Å². The maximum absolute atomic E-state index is 12.6. The molecule has 4 rings (SSSR count). The number of aryl methyl sites for hydroxylation is 1. The van der Waals surface area contributed by atoms with Crippen molar-refractivity contribution in [2.45, 2.75) is 32.2 Å². The van der Waals surface area contributed by atoms with Crippen LogP contribution in [-0.2, 0) is 16.0 Å². The Morgan fingerprint density at radius 2 is 1.87 bits per heavy atom. The molecule has 5 nitrogen and oxygen atoms in total. The SMILES string of the molecule is CCc1ccc([C@@H](NCC(=O)Nc2ccc(N3CCCC3=O)cc2)c2cccs2)cc1. The molecule has 1 atom stereocenters. The molecule has 1 aromatic heterocycles. The summed E-state index contributed by atoms with van der Waals surface area (Å²) >= 11 is 1.68. The third-order valence-electron chi connectivity index (χ3n) is 5.55. The van der Waals surface area contributed by atoms with Crippen LogP contribution >= 0.6 is 11.3 Å². The molecule has 1 fully saturated rings. The third kappa shape index (κ3) is 5.21. The highest BCUT2D eigenvalue weighted by Crippen LogP contribution is 2.27. The van der Waals surface area contributed by atoms with Crippen molar-refractivity contribution in [1.82, 2.24) is 5.32 Å². The van der Waals surface area contributed by atoms with Gasteiger partial charge in [-0.1, -0.05) is 37.3 Å². The number of nitrogens with zero attached hydrogens (tertiary/aromatic N) is 1. The molecule has 0 bridgehead atoms. The van der Waals surface area contributed by atoms with E-state index in [1.165, 1.54) is 10.4 Å². The molecule has 3 aromatic rings. The van der Waals surface area contributed by atoms with Crippen LogP contribution in [0, 0.1) is 0 Å². The van der Waals surface area contributed by atoms with Gasteiger partial charge in [0.2, 0.25) is 11.8 Å². The molecule has 1 aliphatic heterocycles. The van der Waals surface area contributed by atoms with Crippen molar-refractivity contribution in [2.75, 3.05) is 23.3 Å². The van der Waals surface area contributed by atoms with Crippen molar-refractivity contribution in [2.24, 2.45) is 0 Å². The number of thiophene rings is 1. The predicted molar refractivity (Wildman–Crippen MR) is 127 cm³/mol. The van der Waals surface area contributed by atoms with E-state index in [-0.39, 0.29) is 24.4 Å². The van der Waals surface area contributed by atoms with E-state index in [0.717, 1.165) is 36.3 Å². The molecule has 0 spiro atoms. The zero-order valence-electron chi connectivity index (χ0n) is 17.6. The highest BCUT2D eigenvalue weighted by molar-refractivity contribution is 7.10. The molecule has 160 valence electrons. The van der Waals surface area contributed by atoms with Crippen molar-refractivity contribution in [3.63, 3.8) is 0 Å². The molecule has 6 heteroatoms. The highest BCUT2D eigenvalue weighted by atomic mass is 32.1. The zero-order chi connectivity index (χ0) is 21.6. The number of rotatable bonds is 8. The van der Waals surface area contributed by atoms with E-state index < -0.39 is 0 Å². The smallest absolute Gasteiger partial charge is 0.238 e. The first kappa shape index (κ1) is 21.3. The summed E-state index contributed by atoms with van der Waals surface area (Å²) in [6.07, 6.45) is 2.51. The second-order valence-electron chi connectivity index (χ2n) is 7.67. The number of anilines is 2. The maximum atomic E-state index is 12.6. The Labute approximate surface area is 187 Å². The number of hydrogen-bond acceptors (Lipinski definition) is 4. The summed E-state index contributed by atoms with van der Waals surface area (Å²) in [5.41, 5.74) is 4.05. The van der Waals surface area contributed by atoms with Gasteiger partial charge in [0.25, 0.3) is 0 Å². The van der Waals surface area contributed by atoms with E-state index >= 15 is 0 Å². The van der Waals surface area contributed by atoms with Gasteiger partial charge in [-0.3, -0.25) is 14.9 Å². The summed E-state index contributed by atoms with van der Waals surface area (Å²) in [5.74, 6) is 0.0595. The Kier molecular flexibility index (Phi) is 6.79. The Morgan fingerprint density at radius 3 is 2.48 bits per heavy atom. The maximum Gasteiger partial charge on any atom is 0.238 e. The molecule has 2 aromatic carbocycles. The second-order valence-corrected chi connectivity index (χ2v) is 8.65. The van der Waals surface area contributed by atoms with E-state index in [1.807, 2.05) is 30.3 Å². The molecule has 0 unspecified atom stereocenters. The molecule has 2 heterocycles. The lowest BCUT2D eigenvalue weighted by Crippen LogP contribution is -2.31. The molecule has 0 radical (unpaired) electrons. The second kappa shape index (κ2) is 9.90. The highest BCUT2D eigenvalue weighted by Gasteiger charge is 2.21. The molecule has 1 aliphatic rings. The van der Waals surface area contributed by atoms with E-state index in [4.69, 9.17) is 0 Å². The lowest BCUT2D eigenvalue weighted by molar-refractivity contribution is -0.117. The standard InChI is InChI=1S/C25H27N3O2S/c1-2-18-7-9-19(10-8-18)25(22-5-4-16-31-22)26-17-23(29)27-20-11-13-21(14-12-20)28-15-3-6-24(28)30/h4-5,7-14,16,25-26H,2-3,6,15,17H2,1H3,(H,27,29)/t25-/m1/s1. The van der Waals surface area contributed by atoms with Crippen LogP contribution in [0.3, 0.4) is 0 Å². The van der Waals surface area contributed by atoms with Crippen molar-refractivity contribution in [3.8, 4) is 0 Å². The van der Waals surface area contributed by atoms with E-state index in [0.29, 0.717) is 6.42 Å². The van der Waals surface area contributed by atoms with Gasteiger partial charge in [0.15, 0.2) is 0 Å². The number of carbonyl (C=O) groups is 2. The fraction of sp³-hybridized carbons (Fsp3) is 0.280. The molecule has 1 saturated heterocycles. The van der Waals surface area contributed by atoms with Crippen LogP contribution in [0.2, 0.25) is 0 Å². The summed E-state index contributed by atoms with van der Waals surface area (Å²) in [6.45, 7) is 3.10. The lowest BCUT2D eigenvalue weighted by atomic mass is 10.0. The summed E-state index contributed by atoms with van der Waals surface area (Å²) in [6, 6.07) is 20.1. The summed E-state index contributed by atoms with van der Waals surface area (Å²) in [5, 5.41) is 8.40. The molecular weight excluding hydrogens is 406 g/mol. The van der Waals surface area contributed by atoms with Crippen molar-refractivity contribution in [1.29, 1.82) is 0 Å². The number of nitrogens with one attached hydrogen (secondary N) is 2. The summed E-state index contributed by atoms with van der Waals surface area (Å²) in [4.78, 5) is 27.4. The fourth-order valence-electron chi connectivity index (χ4n) is 3.83. The quantitative estimate of drug-likeness (QED) is 0.539. The van der Waals surface area contributed by atoms with Gasteiger partial charge in [-0.25, -0.2) is 0 Å². The monoisotopic (exact) mass is 433 g/mol. The number of hydrogen-bond donors (Lipinski definition) is 2. The van der Waals surface area contributed by atoms with E-state index in [2.05, 4.69) is 53.3 Å². The topological polar surface area (TPSA) is 61.4 Å². The van der Waals surface area contributed by atoms with Gasteiger partial charge < -0.3 is 10.2 Å². The third-order valence-corrected chi connectivity index (χ3v) is 6.49. The average molecular weight is 434 g/mol. The Hall–Kier alpha value is -2.96. The van der Waals surface area contributed by atoms with Crippen LogP contribution < -0.4 is 15.5 Å². The number of carbonyl (C=O) groups excluding carboxylic acids is 2. The minimum absolute atomic E-state index is 0.0276. The first-order valence-electron chi connectivity index (χ1n) is 10.7. The van der Waals surface area contributed by atoms with Crippen molar-refractivity contribution < 1.29 is 9.59 Å². The van der Waals surface area contributed by atoms with Gasteiger partial charge in [0.05, 0.1) is 12.6 Å². The van der Waals surface area contributed by atoms with E-state index in [1.54, 1.807) is 16.2 Å². The van der Waals surface area contributed by atoms with Crippen molar-refractivity contribution in [3.05, 3.63) is 82.0 Å². The van der Waals surface area contributed by atoms with Crippen LogP contribution in [-0.4, -0.2) is 24.9 Å². The van der Waals surface area contributed by atoms with Gasteiger partial charge >= 0.3 is 0 Å². The predicted octanol–water partition coefficient (Wildman–Crippen LogP) is 4.76. The lowest BCUT2D eigenvalue weighted by Gasteiger charge is -2.19. The number of benzene rings is 2. The number of amides is 2. The van der Waals surface area contributed by atoms with Crippen LogP contribution in [0.1, 0.15) is 41.8 Å². The fourth-order valence-corrected chi connectivity index (χ4v) is 4.66. The van der Waals surface area contributed by atoms with Gasteiger partial charge in [-0.2, -0.15) is 0 Å². The molecular formula is C25H27N3O2S. The molecule has 2 N–H and O–H groups in total. The Bertz CT molecular complexity index is 1010. The first-order chi connectivity index (χ1) is 15.1. The first-order valence-corrected chi connectivity index (χ1v) is 11.6. The Morgan fingerprint density at radius 1 is 1.10 bits per heavy atom. The van der Waals surface area contributed by atoms with Crippen LogP contribution in [0.5, 0.6) is 0 Å². The largest absolute Gasteiger partial charge is 0.325 e. The van der Waals surface area contributed by atoms with Crippen LogP contribution in [0.4, 0.5) is 11.4 Å². The molecule has 0 aliphatic carbocycles. The minimum atomic E-state index is -0.100. The molecule has 2 amide bonds. The van der Waals surface area contributed by atoms with Crippen LogP contribution in [0.15, 0.2) is 66.0 Å². The van der Waals surface area contributed by atoms with Gasteiger partial charge in [0, 0.05) is 29.2 Å². The summed E-state index contributed by atoms with van der Waals surface area (Å²) < 4.78 is 0. The summed E-state index contributed by atoms with van der Waals surface area (Å²) in [7, 11) is 0. The zero-order valence-corrected chi connectivity index (χ0v) is 18.5. The van der Waals surface area contributed by atoms with E-state index in [9.17, 15) is 9.59 Å². The Balaban J connectivity index is 1.38. The minimum Gasteiger partial charge on any atom is -0.325 e. The van der Waals surface area contributed by atoms with Crippen LogP contribution in [0.25, 0.3) is 0 Å². The molecule has 0 saturated carbocycles. The average Bonchev–Trinajstić information content (AvgIpc) is 3.47. The van der Waals surface area contributed by atoms with Gasteiger partial charge in [-0.05, 0) is 59.7 Å². The van der Waals surface area contributed by atoms with Gasteiger partial charge in [0.1, 0.15) is 0 Å².